The Hall–Kier alpha value is -2.23. The maximum absolute atomic E-state index is 3.92. The van der Waals surface area contributed by atoms with Crippen LogP contribution in [0.25, 0.3) is 10.9 Å². The van der Waals surface area contributed by atoms with Crippen LogP contribution in [0.2, 0.25) is 0 Å². The first-order valence-corrected chi connectivity index (χ1v) is 5.60. The first-order chi connectivity index (χ1) is 8.33. The molecule has 0 amide bonds. The van der Waals surface area contributed by atoms with Crippen LogP contribution >= 0.6 is 0 Å². The Kier molecular flexibility index (Phi) is 2.33. The zero-order valence-corrected chi connectivity index (χ0v) is 9.64. The van der Waals surface area contributed by atoms with Crippen LogP contribution in [-0.2, 0) is 13.6 Å². The second-order valence-corrected chi connectivity index (χ2v) is 4.14. The van der Waals surface area contributed by atoms with Gasteiger partial charge in [0.15, 0.2) is 0 Å². The number of nitrogens with zero attached hydrogens (tertiary/aromatic N) is 2. The molecule has 0 aliphatic heterocycles. The summed E-state index contributed by atoms with van der Waals surface area (Å²) in [4.78, 5) is 0. The Morgan fingerprint density at radius 2 is 2.24 bits per heavy atom. The van der Waals surface area contributed by atoms with Crippen LogP contribution in [0, 0.1) is 0 Å². The SMILES string of the molecule is Cn1ccc2cc(NCc3ccn[nH]3)ccc21. The van der Waals surface area contributed by atoms with Crippen LogP contribution in [0.4, 0.5) is 5.69 Å². The molecule has 0 aliphatic carbocycles. The van der Waals surface area contributed by atoms with Crippen LogP contribution in [0.1, 0.15) is 5.69 Å². The molecule has 1 aromatic carbocycles. The maximum atomic E-state index is 3.92. The molecule has 3 aromatic rings. The minimum absolute atomic E-state index is 0.762. The van der Waals surface area contributed by atoms with Gasteiger partial charge in [-0.1, -0.05) is 0 Å². The van der Waals surface area contributed by atoms with E-state index in [1.165, 1.54) is 10.9 Å². The van der Waals surface area contributed by atoms with E-state index in [0.29, 0.717) is 0 Å². The number of rotatable bonds is 3. The van der Waals surface area contributed by atoms with E-state index in [-0.39, 0.29) is 0 Å². The van der Waals surface area contributed by atoms with Crippen LogP contribution < -0.4 is 5.32 Å². The molecule has 0 radical (unpaired) electrons. The van der Waals surface area contributed by atoms with Gasteiger partial charge in [-0.3, -0.25) is 5.10 Å². The predicted octanol–water partition coefficient (Wildman–Crippen LogP) is 2.51. The Morgan fingerprint density at radius 3 is 3.06 bits per heavy atom. The number of benzene rings is 1. The Morgan fingerprint density at radius 1 is 1.29 bits per heavy atom. The van der Waals surface area contributed by atoms with Crippen molar-refractivity contribution in [1.82, 2.24) is 14.8 Å². The van der Waals surface area contributed by atoms with Crippen molar-refractivity contribution in [3.05, 3.63) is 48.4 Å². The third kappa shape index (κ3) is 1.89. The highest BCUT2D eigenvalue weighted by atomic mass is 15.1. The summed E-state index contributed by atoms with van der Waals surface area (Å²) in [5, 5.41) is 11.5. The number of aromatic amines is 1. The van der Waals surface area contributed by atoms with Gasteiger partial charge in [-0.15, -0.1) is 0 Å². The van der Waals surface area contributed by atoms with E-state index in [2.05, 4.69) is 57.6 Å². The summed E-state index contributed by atoms with van der Waals surface area (Å²) in [5.74, 6) is 0. The van der Waals surface area contributed by atoms with Crippen molar-refractivity contribution >= 4 is 16.6 Å². The summed E-state index contributed by atoms with van der Waals surface area (Å²) >= 11 is 0. The summed E-state index contributed by atoms with van der Waals surface area (Å²) in [6.45, 7) is 0.762. The normalized spacial score (nSPS) is 10.9. The van der Waals surface area contributed by atoms with Crippen molar-refractivity contribution < 1.29 is 0 Å². The lowest BCUT2D eigenvalue weighted by molar-refractivity contribution is 0.968. The van der Waals surface area contributed by atoms with E-state index in [1.54, 1.807) is 6.20 Å². The smallest absolute Gasteiger partial charge is 0.0567 e. The summed E-state index contributed by atoms with van der Waals surface area (Å²) in [6, 6.07) is 10.5. The van der Waals surface area contributed by atoms with Gasteiger partial charge in [0.05, 0.1) is 12.2 Å². The number of anilines is 1. The molecular weight excluding hydrogens is 212 g/mol. The first-order valence-electron chi connectivity index (χ1n) is 5.60. The standard InChI is InChI=1S/C13H14N4/c1-17-7-5-10-8-11(2-3-13(10)17)14-9-12-4-6-15-16-12/h2-8,14H,9H2,1H3,(H,15,16). The molecule has 0 saturated heterocycles. The van der Waals surface area contributed by atoms with Gasteiger partial charge in [-0.2, -0.15) is 5.10 Å². The first kappa shape index (κ1) is 9.96. The van der Waals surface area contributed by atoms with Gasteiger partial charge in [-0.25, -0.2) is 0 Å². The number of aryl methyl sites for hydroxylation is 1. The van der Waals surface area contributed by atoms with E-state index >= 15 is 0 Å². The van der Waals surface area contributed by atoms with E-state index < -0.39 is 0 Å². The number of hydrogen-bond acceptors (Lipinski definition) is 2. The average molecular weight is 226 g/mol. The van der Waals surface area contributed by atoms with Crippen molar-refractivity contribution in [3.63, 3.8) is 0 Å². The zero-order chi connectivity index (χ0) is 11.7. The molecule has 0 saturated carbocycles. The molecule has 0 unspecified atom stereocenters. The molecule has 2 aromatic heterocycles. The van der Waals surface area contributed by atoms with Crippen LogP contribution in [-0.4, -0.2) is 14.8 Å². The highest BCUT2D eigenvalue weighted by Gasteiger charge is 2.00. The average Bonchev–Trinajstić information content (AvgIpc) is 2.97. The lowest BCUT2D eigenvalue weighted by Gasteiger charge is -2.05. The molecule has 4 nitrogen and oxygen atoms in total. The highest BCUT2D eigenvalue weighted by Crippen LogP contribution is 2.19. The fourth-order valence-corrected chi connectivity index (χ4v) is 1.97. The summed E-state index contributed by atoms with van der Waals surface area (Å²) in [7, 11) is 2.06. The van der Waals surface area contributed by atoms with E-state index in [9.17, 15) is 0 Å². The largest absolute Gasteiger partial charge is 0.379 e. The quantitative estimate of drug-likeness (QED) is 0.720. The van der Waals surface area contributed by atoms with Gasteiger partial charge in [-0.05, 0) is 30.3 Å². The number of H-pyrrole nitrogens is 1. The third-order valence-corrected chi connectivity index (χ3v) is 2.93. The lowest BCUT2D eigenvalue weighted by atomic mass is 10.2. The van der Waals surface area contributed by atoms with Gasteiger partial charge >= 0.3 is 0 Å². The predicted molar refractivity (Wildman–Crippen MR) is 68.8 cm³/mol. The number of hydrogen-bond donors (Lipinski definition) is 2. The Labute approximate surface area is 99.3 Å². The summed E-state index contributed by atoms with van der Waals surface area (Å²) < 4.78 is 2.12. The molecule has 4 heteroatoms. The Balaban J connectivity index is 1.81. The maximum Gasteiger partial charge on any atom is 0.0567 e. The van der Waals surface area contributed by atoms with Gasteiger partial charge in [0, 0.05) is 36.0 Å². The van der Waals surface area contributed by atoms with Gasteiger partial charge < -0.3 is 9.88 Å². The van der Waals surface area contributed by atoms with Crippen LogP contribution in [0.15, 0.2) is 42.7 Å². The molecule has 3 rings (SSSR count). The van der Waals surface area contributed by atoms with Crippen molar-refractivity contribution in [2.45, 2.75) is 6.54 Å². The lowest BCUT2D eigenvalue weighted by Crippen LogP contribution is -1.99. The van der Waals surface area contributed by atoms with Gasteiger partial charge in [0.25, 0.3) is 0 Å². The molecule has 86 valence electrons. The van der Waals surface area contributed by atoms with E-state index in [0.717, 1.165) is 17.9 Å². The Bertz CT molecular complexity index is 622. The van der Waals surface area contributed by atoms with Crippen LogP contribution in [0.3, 0.4) is 0 Å². The van der Waals surface area contributed by atoms with Gasteiger partial charge in [0.2, 0.25) is 0 Å². The monoisotopic (exact) mass is 226 g/mol. The molecular formula is C13H14N4. The van der Waals surface area contributed by atoms with E-state index in [1.807, 2.05) is 6.07 Å². The number of aromatic nitrogens is 3. The van der Waals surface area contributed by atoms with Crippen molar-refractivity contribution in [2.24, 2.45) is 7.05 Å². The molecule has 17 heavy (non-hydrogen) atoms. The van der Waals surface area contributed by atoms with Crippen molar-refractivity contribution in [1.29, 1.82) is 0 Å². The zero-order valence-electron chi connectivity index (χ0n) is 9.64. The molecule has 0 spiro atoms. The number of nitrogens with one attached hydrogen (secondary N) is 2. The molecule has 0 atom stereocenters. The van der Waals surface area contributed by atoms with Crippen molar-refractivity contribution in [2.75, 3.05) is 5.32 Å². The second-order valence-electron chi connectivity index (χ2n) is 4.14. The van der Waals surface area contributed by atoms with Gasteiger partial charge in [0.1, 0.15) is 0 Å². The molecule has 0 aliphatic rings. The number of fused-ring (bicyclic) bond motifs is 1. The third-order valence-electron chi connectivity index (χ3n) is 2.93. The molecule has 0 bridgehead atoms. The molecule has 0 fully saturated rings. The summed E-state index contributed by atoms with van der Waals surface area (Å²) in [6.07, 6.45) is 3.83. The van der Waals surface area contributed by atoms with Crippen LogP contribution in [0.5, 0.6) is 0 Å². The fraction of sp³-hybridized carbons (Fsp3) is 0.154. The minimum atomic E-state index is 0.762. The second kappa shape index (κ2) is 3.97. The van der Waals surface area contributed by atoms with Crippen molar-refractivity contribution in [3.8, 4) is 0 Å². The molecule has 2 heterocycles. The minimum Gasteiger partial charge on any atom is -0.379 e. The highest BCUT2D eigenvalue weighted by molar-refractivity contribution is 5.83. The fourth-order valence-electron chi connectivity index (χ4n) is 1.97. The van der Waals surface area contributed by atoms with E-state index in [4.69, 9.17) is 0 Å². The molecule has 2 N–H and O–H groups in total. The topological polar surface area (TPSA) is 45.6 Å². The summed E-state index contributed by atoms with van der Waals surface area (Å²) in [5.41, 5.74) is 3.45.